The summed E-state index contributed by atoms with van der Waals surface area (Å²) in [5.74, 6) is 0.0258. The van der Waals surface area contributed by atoms with E-state index >= 15 is 0 Å². The van der Waals surface area contributed by atoms with Crippen LogP contribution in [0.15, 0.2) is 30.6 Å². The highest BCUT2D eigenvalue weighted by molar-refractivity contribution is 5.96. The number of carbonyl (C=O) groups is 1. The summed E-state index contributed by atoms with van der Waals surface area (Å²) in [7, 11) is 0. The quantitative estimate of drug-likeness (QED) is 0.757. The molecule has 2 heterocycles. The molecule has 0 radical (unpaired) electrons. The zero-order valence-electron chi connectivity index (χ0n) is 12.3. The largest absolute Gasteiger partial charge is 0.292 e. The summed E-state index contributed by atoms with van der Waals surface area (Å²) in [6, 6.07) is 6.08. The van der Waals surface area contributed by atoms with Crippen LogP contribution in [-0.2, 0) is 6.42 Å². The molecule has 2 aromatic heterocycles. The monoisotopic (exact) mass is 271 g/mol. The Morgan fingerprint density at radius 1 is 1.30 bits per heavy atom. The molecule has 0 aliphatic rings. The van der Waals surface area contributed by atoms with E-state index in [-0.39, 0.29) is 5.78 Å². The van der Waals surface area contributed by atoms with Gasteiger partial charge in [0.1, 0.15) is 5.69 Å². The van der Waals surface area contributed by atoms with Crippen molar-refractivity contribution in [3.63, 3.8) is 0 Å². The third kappa shape index (κ3) is 3.13. The lowest BCUT2D eigenvalue weighted by Gasteiger charge is -2.12. The number of pyridine rings is 1. The maximum Gasteiger partial charge on any atom is 0.187 e. The zero-order chi connectivity index (χ0) is 14.5. The number of carbonyl (C=O) groups excluding carboxylic acids is 1. The van der Waals surface area contributed by atoms with Gasteiger partial charge in [0.25, 0.3) is 0 Å². The van der Waals surface area contributed by atoms with E-state index in [1.165, 1.54) is 0 Å². The van der Waals surface area contributed by atoms with Crippen molar-refractivity contribution < 1.29 is 4.79 Å². The molecule has 20 heavy (non-hydrogen) atoms. The predicted octanol–water partition coefficient (Wildman–Crippen LogP) is 3.37. The van der Waals surface area contributed by atoms with Crippen molar-refractivity contribution in [3.8, 4) is 0 Å². The summed E-state index contributed by atoms with van der Waals surface area (Å²) < 4.78 is 1.97. The van der Waals surface area contributed by atoms with Crippen molar-refractivity contribution in [1.82, 2.24) is 14.8 Å². The van der Waals surface area contributed by atoms with E-state index < -0.39 is 0 Å². The number of Topliss-reactive ketones (excluding diaryl/α,β-unsaturated/α-hetero) is 1. The van der Waals surface area contributed by atoms with Crippen molar-refractivity contribution in [3.05, 3.63) is 47.5 Å². The molecule has 0 bridgehead atoms. The van der Waals surface area contributed by atoms with Gasteiger partial charge in [-0.1, -0.05) is 19.9 Å². The van der Waals surface area contributed by atoms with Crippen molar-refractivity contribution in [2.24, 2.45) is 0 Å². The molecule has 0 saturated heterocycles. The standard InChI is InChI=1S/C16H21N3O/c1-4-14(5-2)19-10-8-13(18-19)11-15(20)16-12(3)7-6-9-17-16/h6-10,14H,4-5,11H2,1-3H3. The van der Waals surface area contributed by atoms with Crippen molar-refractivity contribution in [1.29, 1.82) is 0 Å². The van der Waals surface area contributed by atoms with Crippen LogP contribution in [0.4, 0.5) is 0 Å². The lowest BCUT2D eigenvalue weighted by atomic mass is 10.1. The van der Waals surface area contributed by atoms with Gasteiger partial charge in [0.2, 0.25) is 0 Å². The van der Waals surface area contributed by atoms with Crippen LogP contribution in [-0.4, -0.2) is 20.5 Å². The smallest absolute Gasteiger partial charge is 0.187 e. The first-order valence-electron chi connectivity index (χ1n) is 7.14. The summed E-state index contributed by atoms with van der Waals surface area (Å²) in [5, 5.41) is 4.52. The molecule has 2 rings (SSSR count). The zero-order valence-corrected chi connectivity index (χ0v) is 12.3. The first-order valence-corrected chi connectivity index (χ1v) is 7.14. The molecule has 106 valence electrons. The van der Waals surface area contributed by atoms with Gasteiger partial charge >= 0.3 is 0 Å². The van der Waals surface area contributed by atoms with E-state index in [2.05, 4.69) is 23.9 Å². The molecule has 0 N–H and O–H groups in total. The molecular formula is C16H21N3O. The highest BCUT2D eigenvalue weighted by Gasteiger charge is 2.14. The molecular weight excluding hydrogens is 250 g/mol. The second-order valence-electron chi connectivity index (χ2n) is 5.03. The predicted molar refractivity (Wildman–Crippen MR) is 78.9 cm³/mol. The minimum atomic E-state index is 0.0258. The van der Waals surface area contributed by atoms with E-state index in [1.807, 2.05) is 36.0 Å². The third-order valence-electron chi connectivity index (χ3n) is 3.60. The van der Waals surface area contributed by atoms with Crippen LogP contribution in [0.1, 0.15) is 54.5 Å². The molecule has 0 atom stereocenters. The van der Waals surface area contributed by atoms with Crippen LogP contribution >= 0.6 is 0 Å². The summed E-state index contributed by atoms with van der Waals surface area (Å²) in [4.78, 5) is 16.4. The maximum absolute atomic E-state index is 12.2. The molecule has 2 aromatic rings. The number of rotatable bonds is 6. The summed E-state index contributed by atoms with van der Waals surface area (Å²) in [6.45, 7) is 6.21. The molecule has 0 spiro atoms. The Morgan fingerprint density at radius 3 is 2.70 bits per heavy atom. The van der Waals surface area contributed by atoms with Crippen LogP contribution in [0.25, 0.3) is 0 Å². The Balaban J connectivity index is 2.11. The van der Waals surface area contributed by atoms with Gasteiger partial charge in [-0.2, -0.15) is 5.10 Å². The number of nitrogens with zero attached hydrogens (tertiary/aromatic N) is 3. The Kier molecular flexibility index (Phi) is 4.66. The number of hydrogen-bond donors (Lipinski definition) is 0. The lowest BCUT2D eigenvalue weighted by molar-refractivity contribution is 0.0986. The number of ketones is 1. The van der Waals surface area contributed by atoms with Gasteiger partial charge in [0.15, 0.2) is 5.78 Å². The molecule has 0 fully saturated rings. The van der Waals surface area contributed by atoms with Gasteiger partial charge in [0, 0.05) is 12.4 Å². The van der Waals surface area contributed by atoms with Gasteiger partial charge in [-0.3, -0.25) is 14.5 Å². The molecule has 0 aliphatic heterocycles. The molecule has 0 aromatic carbocycles. The first-order chi connectivity index (χ1) is 9.65. The first kappa shape index (κ1) is 14.4. The minimum absolute atomic E-state index is 0.0258. The topological polar surface area (TPSA) is 47.8 Å². The second kappa shape index (κ2) is 6.46. The fourth-order valence-corrected chi connectivity index (χ4v) is 2.36. The fourth-order valence-electron chi connectivity index (χ4n) is 2.36. The highest BCUT2D eigenvalue weighted by atomic mass is 16.1. The van der Waals surface area contributed by atoms with Crippen LogP contribution in [0, 0.1) is 6.92 Å². The van der Waals surface area contributed by atoms with Gasteiger partial charge < -0.3 is 0 Å². The van der Waals surface area contributed by atoms with E-state index in [0.29, 0.717) is 18.2 Å². The summed E-state index contributed by atoms with van der Waals surface area (Å²) >= 11 is 0. The van der Waals surface area contributed by atoms with Gasteiger partial charge in [0.05, 0.1) is 18.2 Å². The van der Waals surface area contributed by atoms with Crippen molar-refractivity contribution >= 4 is 5.78 Å². The normalized spacial score (nSPS) is 11.0. The van der Waals surface area contributed by atoms with Crippen molar-refractivity contribution in [2.45, 2.75) is 46.1 Å². The average molecular weight is 271 g/mol. The lowest BCUT2D eigenvalue weighted by Crippen LogP contribution is -2.11. The van der Waals surface area contributed by atoms with Gasteiger partial charge in [-0.15, -0.1) is 0 Å². The Labute approximate surface area is 119 Å². The maximum atomic E-state index is 12.2. The Morgan fingerprint density at radius 2 is 2.05 bits per heavy atom. The fraction of sp³-hybridized carbons (Fsp3) is 0.438. The molecule has 4 nitrogen and oxygen atoms in total. The molecule has 0 amide bonds. The second-order valence-corrected chi connectivity index (χ2v) is 5.03. The Bertz CT molecular complexity index is 585. The number of aromatic nitrogens is 3. The third-order valence-corrected chi connectivity index (χ3v) is 3.60. The highest BCUT2D eigenvalue weighted by Crippen LogP contribution is 2.15. The van der Waals surface area contributed by atoms with Crippen LogP contribution < -0.4 is 0 Å². The molecule has 0 saturated carbocycles. The van der Waals surface area contributed by atoms with Crippen molar-refractivity contribution in [2.75, 3.05) is 0 Å². The van der Waals surface area contributed by atoms with E-state index in [1.54, 1.807) is 6.20 Å². The van der Waals surface area contributed by atoms with Gasteiger partial charge in [-0.25, -0.2) is 0 Å². The minimum Gasteiger partial charge on any atom is -0.292 e. The van der Waals surface area contributed by atoms with Crippen LogP contribution in [0.2, 0.25) is 0 Å². The van der Waals surface area contributed by atoms with E-state index in [4.69, 9.17) is 0 Å². The van der Waals surface area contributed by atoms with E-state index in [9.17, 15) is 4.79 Å². The molecule has 4 heteroatoms. The van der Waals surface area contributed by atoms with Crippen LogP contribution in [0.5, 0.6) is 0 Å². The average Bonchev–Trinajstić information content (AvgIpc) is 2.89. The SMILES string of the molecule is CCC(CC)n1ccc(CC(=O)c2ncccc2C)n1. The summed E-state index contributed by atoms with van der Waals surface area (Å²) in [5.41, 5.74) is 2.27. The molecule has 0 unspecified atom stereocenters. The molecule has 0 aliphatic carbocycles. The van der Waals surface area contributed by atoms with E-state index in [0.717, 1.165) is 24.1 Å². The van der Waals surface area contributed by atoms with Gasteiger partial charge in [-0.05, 0) is 37.5 Å². The Hall–Kier alpha value is -1.97. The summed E-state index contributed by atoms with van der Waals surface area (Å²) in [6.07, 6.45) is 6.02. The number of hydrogen-bond acceptors (Lipinski definition) is 3. The number of aryl methyl sites for hydroxylation is 1. The van der Waals surface area contributed by atoms with Crippen LogP contribution in [0.3, 0.4) is 0 Å².